The number of nitrogens with two attached hydrogens (primary N) is 1. The lowest BCUT2D eigenvalue weighted by Gasteiger charge is -2.33. The lowest BCUT2D eigenvalue weighted by molar-refractivity contribution is 0.0991. The molecule has 0 atom stereocenters. The summed E-state index contributed by atoms with van der Waals surface area (Å²) in [5, 5.41) is 4.22. The summed E-state index contributed by atoms with van der Waals surface area (Å²) in [4.78, 5) is 12.8. The van der Waals surface area contributed by atoms with Crippen molar-refractivity contribution in [2.24, 2.45) is 5.73 Å². The van der Waals surface area contributed by atoms with Crippen LogP contribution in [0.2, 0.25) is 0 Å². The predicted octanol–water partition coefficient (Wildman–Crippen LogP) is 12.8. The molecule has 1 amide bonds. The molecule has 0 fully saturated rings. The lowest BCUT2D eigenvalue weighted by Crippen LogP contribution is -2.27. The number of carbonyl (C=O) groups is 1. The minimum absolute atomic E-state index is 0.0214. The molecule has 8 nitrogen and oxygen atoms in total. The number of rotatable bonds is 18. The van der Waals surface area contributed by atoms with Gasteiger partial charge in [-0.15, -0.1) is 0 Å². The minimum atomic E-state index is -1.29. The minimum Gasteiger partial charge on any atom is -0.488 e. The number of nitrogens with zero attached hydrogens (tertiary/aromatic N) is 1. The second-order valence-corrected chi connectivity index (χ2v) is 16.1. The first-order valence-corrected chi connectivity index (χ1v) is 21.8. The third kappa shape index (κ3) is 9.73. The highest BCUT2D eigenvalue weighted by molar-refractivity contribution is 5.91. The van der Waals surface area contributed by atoms with Gasteiger partial charge in [-0.2, -0.15) is 0 Å². The van der Waals surface area contributed by atoms with Gasteiger partial charge in [0, 0.05) is 40.5 Å². The molecular weight excluding hydrogens is 821 g/mol. The molecule has 2 N–H and O–H groups in total. The van der Waals surface area contributed by atoms with Crippen molar-refractivity contribution in [1.82, 2.24) is 5.16 Å². The summed E-state index contributed by atoms with van der Waals surface area (Å²) >= 11 is 0. The van der Waals surface area contributed by atoms with Crippen LogP contribution in [0.4, 0.5) is 0 Å². The Bertz CT molecular complexity index is 2820. The van der Waals surface area contributed by atoms with Crippen LogP contribution in [-0.4, -0.2) is 11.1 Å². The van der Waals surface area contributed by atoms with Gasteiger partial charge in [-0.25, -0.2) is 0 Å². The number of amides is 1. The van der Waals surface area contributed by atoms with Gasteiger partial charge in [0.25, 0.3) is 5.91 Å². The van der Waals surface area contributed by atoms with Crippen LogP contribution in [0.15, 0.2) is 217 Å². The average Bonchev–Trinajstić information content (AvgIpc) is 3.90. The highest BCUT2D eigenvalue weighted by atomic mass is 16.5. The molecule has 8 aromatic carbocycles. The summed E-state index contributed by atoms with van der Waals surface area (Å²) in [6, 6.07) is 70.0. The third-order valence-electron chi connectivity index (χ3n) is 11.6. The zero-order valence-electron chi connectivity index (χ0n) is 36.5. The predicted molar refractivity (Wildman–Crippen MR) is 257 cm³/mol. The number of hydrogen-bond donors (Lipinski definition) is 1. The van der Waals surface area contributed by atoms with Crippen LogP contribution in [0.3, 0.4) is 0 Å². The summed E-state index contributed by atoms with van der Waals surface area (Å²) in [5.74, 6) is 1.87. The molecule has 0 bridgehead atoms. The number of aromatic nitrogens is 1. The molecule has 9 aromatic rings. The molecule has 9 rings (SSSR count). The van der Waals surface area contributed by atoms with E-state index in [-0.39, 0.29) is 18.9 Å². The van der Waals surface area contributed by atoms with E-state index < -0.39 is 11.3 Å². The van der Waals surface area contributed by atoms with Crippen molar-refractivity contribution in [3.05, 3.63) is 257 Å². The topological polar surface area (TPSA) is 106 Å². The molecular formula is C58H48N2O6. The lowest BCUT2D eigenvalue weighted by atomic mass is 9.71. The summed E-state index contributed by atoms with van der Waals surface area (Å²) in [5.41, 5.74) is 13.4. The Morgan fingerprint density at radius 3 is 1.09 bits per heavy atom. The van der Waals surface area contributed by atoms with Gasteiger partial charge in [0.15, 0.2) is 11.5 Å². The Hall–Kier alpha value is -8.36. The Balaban J connectivity index is 1.31. The standard InChI is InChI=1S/C58H48N2O6/c1-58(56-34-51(57(59)61)60-66-56,49-32-47(45-28-16-6-17-29-45)52(62-37-41-20-8-2-9-21-41)35-54(49)64-39-43-24-12-4-13-25-43)50-33-48(46-30-18-7-19-31-46)53(63-38-42-22-10-3-11-23-42)36-55(50)65-40-44-26-14-5-15-27-44/h2-36H,37-40H2,1H3,(H2,59,61). The molecule has 326 valence electrons. The van der Waals surface area contributed by atoms with Crippen molar-refractivity contribution < 1.29 is 28.3 Å². The Kier molecular flexibility index (Phi) is 13.0. The summed E-state index contributed by atoms with van der Waals surface area (Å²) in [7, 11) is 0. The van der Waals surface area contributed by atoms with Crippen LogP contribution in [-0.2, 0) is 31.8 Å². The number of primary amides is 1. The van der Waals surface area contributed by atoms with E-state index in [1.54, 1.807) is 6.07 Å². The van der Waals surface area contributed by atoms with E-state index in [0.717, 1.165) is 44.5 Å². The quantitative estimate of drug-likeness (QED) is 0.0915. The van der Waals surface area contributed by atoms with Crippen molar-refractivity contribution in [3.8, 4) is 45.3 Å². The molecule has 66 heavy (non-hydrogen) atoms. The van der Waals surface area contributed by atoms with Crippen LogP contribution in [0.25, 0.3) is 22.3 Å². The second kappa shape index (κ2) is 20.0. The largest absolute Gasteiger partial charge is 0.488 e. The summed E-state index contributed by atoms with van der Waals surface area (Å²) in [6.07, 6.45) is 0. The monoisotopic (exact) mass is 868 g/mol. The van der Waals surface area contributed by atoms with E-state index in [2.05, 4.69) is 41.6 Å². The van der Waals surface area contributed by atoms with Gasteiger partial charge < -0.3 is 29.2 Å². The highest BCUT2D eigenvalue weighted by Gasteiger charge is 2.42. The van der Waals surface area contributed by atoms with E-state index in [0.29, 0.717) is 53.1 Å². The van der Waals surface area contributed by atoms with Crippen LogP contribution in [0.1, 0.15) is 56.6 Å². The average molecular weight is 869 g/mol. The van der Waals surface area contributed by atoms with Crippen LogP contribution < -0.4 is 24.7 Å². The van der Waals surface area contributed by atoms with Gasteiger partial charge in [-0.05, 0) is 52.4 Å². The first-order valence-electron chi connectivity index (χ1n) is 21.8. The molecule has 1 heterocycles. The van der Waals surface area contributed by atoms with Gasteiger partial charge in [0.1, 0.15) is 49.4 Å². The van der Waals surface area contributed by atoms with Crippen LogP contribution >= 0.6 is 0 Å². The zero-order chi connectivity index (χ0) is 45.1. The van der Waals surface area contributed by atoms with Crippen molar-refractivity contribution >= 4 is 5.91 Å². The molecule has 0 spiro atoms. The summed E-state index contributed by atoms with van der Waals surface area (Å²) in [6.45, 7) is 3.17. The fourth-order valence-corrected chi connectivity index (χ4v) is 8.05. The van der Waals surface area contributed by atoms with Gasteiger partial charge in [-0.1, -0.05) is 187 Å². The molecule has 0 aliphatic heterocycles. The number of hydrogen-bond acceptors (Lipinski definition) is 7. The molecule has 0 aliphatic carbocycles. The van der Waals surface area contributed by atoms with Crippen LogP contribution in [0.5, 0.6) is 23.0 Å². The van der Waals surface area contributed by atoms with E-state index in [4.69, 9.17) is 29.2 Å². The van der Waals surface area contributed by atoms with Crippen molar-refractivity contribution in [2.75, 3.05) is 0 Å². The molecule has 0 radical (unpaired) electrons. The number of carbonyl (C=O) groups excluding carboxylic acids is 1. The van der Waals surface area contributed by atoms with Crippen LogP contribution in [0, 0.1) is 0 Å². The van der Waals surface area contributed by atoms with Crippen molar-refractivity contribution in [2.45, 2.75) is 38.8 Å². The van der Waals surface area contributed by atoms with Crippen molar-refractivity contribution in [1.29, 1.82) is 0 Å². The van der Waals surface area contributed by atoms with Gasteiger partial charge in [-0.3, -0.25) is 4.79 Å². The van der Waals surface area contributed by atoms with E-state index in [1.807, 2.05) is 177 Å². The molecule has 1 aromatic heterocycles. The SMILES string of the molecule is CC(c1cc(C(N)=O)no1)(c1cc(-c2ccccc2)c(OCc2ccccc2)cc1OCc1ccccc1)c1cc(-c2ccccc2)c(OCc2ccccc2)cc1OCc1ccccc1. The van der Waals surface area contributed by atoms with Gasteiger partial charge >= 0.3 is 0 Å². The molecule has 0 aliphatic rings. The number of benzene rings is 8. The summed E-state index contributed by atoms with van der Waals surface area (Å²) < 4.78 is 33.6. The third-order valence-corrected chi connectivity index (χ3v) is 11.6. The Morgan fingerprint density at radius 2 is 0.773 bits per heavy atom. The van der Waals surface area contributed by atoms with E-state index in [1.165, 1.54) is 0 Å². The van der Waals surface area contributed by atoms with Gasteiger partial charge in [0.2, 0.25) is 0 Å². The molecule has 8 heteroatoms. The second-order valence-electron chi connectivity index (χ2n) is 16.1. The molecule has 0 saturated carbocycles. The normalized spacial score (nSPS) is 11.2. The fraction of sp³-hybridized carbons (Fsp3) is 0.103. The molecule has 0 unspecified atom stereocenters. The highest BCUT2D eigenvalue weighted by Crippen LogP contribution is 2.52. The smallest absolute Gasteiger partial charge is 0.270 e. The van der Waals surface area contributed by atoms with E-state index >= 15 is 0 Å². The zero-order valence-corrected chi connectivity index (χ0v) is 36.5. The van der Waals surface area contributed by atoms with E-state index in [9.17, 15) is 4.79 Å². The number of ether oxygens (including phenoxy) is 4. The Morgan fingerprint density at radius 1 is 0.455 bits per heavy atom. The maximum absolute atomic E-state index is 12.8. The van der Waals surface area contributed by atoms with Gasteiger partial charge in [0.05, 0.1) is 5.41 Å². The Labute approximate surface area is 384 Å². The maximum atomic E-state index is 12.8. The first kappa shape index (κ1) is 42.9. The molecule has 0 saturated heterocycles. The maximum Gasteiger partial charge on any atom is 0.270 e. The fourth-order valence-electron chi connectivity index (χ4n) is 8.05. The van der Waals surface area contributed by atoms with Crippen molar-refractivity contribution in [3.63, 3.8) is 0 Å². The first-order chi connectivity index (χ1) is 32.4.